The van der Waals surface area contributed by atoms with Crippen LogP contribution in [-0.4, -0.2) is 0 Å². The first-order chi connectivity index (χ1) is 9.81. The van der Waals surface area contributed by atoms with Gasteiger partial charge in [0.25, 0.3) is 0 Å². The smallest absolute Gasteiger partial charge is 0.0157 e. The quantitative estimate of drug-likeness (QED) is 0.638. The van der Waals surface area contributed by atoms with Crippen LogP contribution in [0.15, 0.2) is 72.1 Å². The molecular weight excluding hydrogens is 259 g/mol. The van der Waals surface area contributed by atoms with Crippen molar-refractivity contribution in [1.29, 1.82) is 0 Å². The van der Waals surface area contributed by atoms with Gasteiger partial charge in [0.15, 0.2) is 0 Å². The Kier molecular flexibility index (Phi) is 6.02. The minimum atomic E-state index is -0.369. The third kappa shape index (κ3) is 4.32. The molecule has 2 aromatic carbocycles. The average Bonchev–Trinajstić information content (AvgIpc) is 2.52. The van der Waals surface area contributed by atoms with Crippen molar-refractivity contribution in [3.63, 3.8) is 0 Å². The van der Waals surface area contributed by atoms with Gasteiger partial charge in [-0.15, -0.1) is 0 Å². The van der Waals surface area contributed by atoms with E-state index in [0.717, 1.165) is 0 Å². The highest BCUT2D eigenvalue weighted by atomic mass is 31.1. The first-order valence-corrected chi connectivity index (χ1v) is 8.79. The minimum absolute atomic E-state index is 0.369. The highest BCUT2D eigenvalue weighted by molar-refractivity contribution is 7.75. The van der Waals surface area contributed by atoms with Gasteiger partial charge in [-0.25, -0.2) is 0 Å². The summed E-state index contributed by atoms with van der Waals surface area (Å²) in [7, 11) is -0.369. The van der Waals surface area contributed by atoms with Crippen LogP contribution in [0.5, 0.6) is 0 Å². The standard InChI is InChI=1S/C19H23P/c1-3-4-11-17(2)16-20(18-12-7-5-8-13-18)19-14-9-6-10-15-19/h5-10,12-16H,3-4,11H2,1-2H3/b17-16+. The Balaban J connectivity index is 2.30. The molecule has 20 heavy (non-hydrogen) atoms. The summed E-state index contributed by atoms with van der Waals surface area (Å²) in [6, 6.07) is 21.8. The highest BCUT2D eigenvalue weighted by Gasteiger charge is 2.10. The van der Waals surface area contributed by atoms with Crippen LogP contribution < -0.4 is 10.6 Å². The third-order valence-electron chi connectivity index (χ3n) is 3.34. The molecule has 2 rings (SSSR count). The zero-order valence-electron chi connectivity index (χ0n) is 12.4. The normalized spacial score (nSPS) is 11.8. The summed E-state index contributed by atoms with van der Waals surface area (Å²) < 4.78 is 0. The maximum Gasteiger partial charge on any atom is -0.0157 e. The van der Waals surface area contributed by atoms with Crippen LogP contribution in [0.25, 0.3) is 0 Å². The van der Waals surface area contributed by atoms with E-state index in [2.05, 4.69) is 80.3 Å². The minimum Gasteiger partial charge on any atom is -0.0722 e. The van der Waals surface area contributed by atoms with E-state index in [0.29, 0.717) is 0 Å². The van der Waals surface area contributed by atoms with Crippen molar-refractivity contribution in [3.8, 4) is 0 Å². The topological polar surface area (TPSA) is 0 Å². The largest absolute Gasteiger partial charge is 0.0722 e. The second-order valence-corrected chi connectivity index (χ2v) is 7.15. The van der Waals surface area contributed by atoms with Crippen molar-refractivity contribution in [1.82, 2.24) is 0 Å². The lowest BCUT2D eigenvalue weighted by Crippen LogP contribution is -2.09. The predicted molar refractivity (Wildman–Crippen MR) is 92.4 cm³/mol. The molecule has 0 atom stereocenters. The van der Waals surface area contributed by atoms with Gasteiger partial charge in [-0.2, -0.15) is 0 Å². The van der Waals surface area contributed by atoms with E-state index in [4.69, 9.17) is 0 Å². The van der Waals surface area contributed by atoms with Gasteiger partial charge in [-0.3, -0.25) is 0 Å². The van der Waals surface area contributed by atoms with Crippen molar-refractivity contribution in [2.45, 2.75) is 33.1 Å². The van der Waals surface area contributed by atoms with E-state index < -0.39 is 0 Å². The molecule has 0 unspecified atom stereocenters. The molecule has 0 aliphatic carbocycles. The summed E-state index contributed by atoms with van der Waals surface area (Å²) in [6.45, 7) is 4.53. The number of allylic oxidation sites excluding steroid dienone is 1. The lowest BCUT2D eigenvalue weighted by Gasteiger charge is -2.16. The summed E-state index contributed by atoms with van der Waals surface area (Å²) in [5, 5.41) is 2.87. The van der Waals surface area contributed by atoms with Gasteiger partial charge in [0.1, 0.15) is 0 Å². The molecule has 0 bridgehead atoms. The molecule has 0 aliphatic rings. The van der Waals surface area contributed by atoms with E-state index >= 15 is 0 Å². The molecule has 2 aromatic rings. The van der Waals surface area contributed by atoms with Gasteiger partial charge in [-0.1, -0.05) is 85.4 Å². The summed E-state index contributed by atoms with van der Waals surface area (Å²) in [4.78, 5) is 0. The zero-order valence-corrected chi connectivity index (χ0v) is 13.3. The van der Waals surface area contributed by atoms with Gasteiger partial charge in [-0.05, 0) is 38.3 Å². The molecule has 0 saturated carbocycles. The van der Waals surface area contributed by atoms with Crippen LogP contribution in [0.1, 0.15) is 33.1 Å². The Morgan fingerprint density at radius 1 is 0.900 bits per heavy atom. The molecule has 0 amide bonds. The fourth-order valence-electron chi connectivity index (χ4n) is 2.22. The molecule has 0 fully saturated rings. The molecule has 0 aliphatic heterocycles. The molecule has 0 heterocycles. The van der Waals surface area contributed by atoms with Gasteiger partial charge in [0.2, 0.25) is 0 Å². The summed E-state index contributed by atoms with van der Waals surface area (Å²) >= 11 is 0. The maximum atomic E-state index is 2.50. The number of hydrogen-bond acceptors (Lipinski definition) is 0. The lowest BCUT2D eigenvalue weighted by atomic mass is 10.2. The Morgan fingerprint density at radius 2 is 1.40 bits per heavy atom. The Hall–Kier alpha value is -1.39. The van der Waals surface area contributed by atoms with Gasteiger partial charge in [0, 0.05) is 0 Å². The summed E-state index contributed by atoms with van der Waals surface area (Å²) in [5.74, 6) is 2.50. The van der Waals surface area contributed by atoms with Crippen LogP contribution in [0, 0.1) is 0 Å². The van der Waals surface area contributed by atoms with E-state index in [9.17, 15) is 0 Å². The third-order valence-corrected chi connectivity index (χ3v) is 5.75. The number of benzene rings is 2. The molecule has 0 aromatic heterocycles. The van der Waals surface area contributed by atoms with Crippen molar-refractivity contribution >= 4 is 18.5 Å². The first kappa shape index (κ1) is 15.0. The fraction of sp³-hybridized carbons (Fsp3) is 0.263. The van der Waals surface area contributed by atoms with Crippen molar-refractivity contribution < 1.29 is 0 Å². The second kappa shape index (κ2) is 8.02. The van der Waals surface area contributed by atoms with Crippen molar-refractivity contribution in [2.75, 3.05) is 0 Å². The Labute approximate surface area is 124 Å². The van der Waals surface area contributed by atoms with Crippen molar-refractivity contribution in [3.05, 3.63) is 72.1 Å². The predicted octanol–water partition coefficient (Wildman–Crippen LogP) is 5.21. The monoisotopic (exact) mass is 282 g/mol. The Morgan fingerprint density at radius 3 is 1.85 bits per heavy atom. The van der Waals surface area contributed by atoms with E-state index in [1.54, 1.807) is 0 Å². The molecule has 1 heteroatoms. The number of unbranched alkanes of at least 4 members (excludes halogenated alkanes) is 1. The zero-order chi connectivity index (χ0) is 14.2. The van der Waals surface area contributed by atoms with Crippen LogP contribution in [0.4, 0.5) is 0 Å². The van der Waals surface area contributed by atoms with E-state index in [-0.39, 0.29) is 7.92 Å². The van der Waals surface area contributed by atoms with Crippen LogP contribution in [-0.2, 0) is 0 Å². The molecule has 0 spiro atoms. The SMILES string of the molecule is CCCC/C(C)=C/P(c1ccccc1)c1ccccc1. The van der Waals surface area contributed by atoms with E-state index in [1.807, 2.05) is 0 Å². The molecule has 0 saturated heterocycles. The number of hydrogen-bond donors (Lipinski definition) is 0. The second-order valence-electron chi connectivity index (χ2n) is 5.12. The van der Waals surface area contributed by atoms with Crippen LogP contribution in [0.2, 0.25) is 0 Å². The average molecular weight is 282 g/mol. The van der Waals surface area contributed by atoms with Gasteiger partial charge < -0.3 is 0 Å². The molecule has 0 radical (unpaired) electrons. The van der Waals surface area contributed by atoms with E-state index in [1.165, 1.54) is 35.4 Å². The lowest BCUT2D eigenvalue weighted by molar-refractivity contribution is 0.788. The maximum absolute atomic E-state index is 2.50. The van der Waals surface area contributed by atoms with Gasteiger partial charge >= 0.3 is 0 Å². The van der Waals surface area contributed by atoms with Crippen LogP contribution >= 0.6 is 7.92 Å². The summed E-state index contributed by atoms with van der Waals surface area (Å²) in [6.07, 6.45) is 3.77. The molecular formula is C19H23P. The van der Waals surface area contributed by atoms with Gasteiger partial charge in [0.05, 0.1) is 0 Å². The van der Waals surface area contributed by atoms with Crippen molar-refractivity contribution in [2.24, 2.45) is 0 Å². The highest BCUT2D eigenvalue weighted by Crippen LogP contribution is 2.37. The molecule has 0 N–H and O–H groups in total. The number of rotatable bonds is 6. The first-order valence-electron chi connectivity index (χ1n) is 7.38. The molecule has 104 valence electrons. The fourth-order valence-corrected chi connectivity index (χ4v) is 4.37. The summed E-state index contributed by atoms with van der Waals surface area (Å²) in [5.41, 5.74) is 1.52. The Bertz CT molecular complexity index is 489. The van der Waals surface area contributed by atoms with Crippen LogP contribution in [0.3, 0.4) is 0 Å². The molecule has 0 nitrogen and oxygen atoms in total.